The van der Waals surface area contributed by atoms with E-state index in [1.54, 1.807) is 0 Å². The van der Waals surface area contributed by atoms with E-state index in [0.29, 0.717) is 13.2 Å². The minimum Gasteiger partial charge on any atom is -0.365 e. The van der Waals surface area contributed by atoms with Gasteiger partial charge in [0.2, 0.25) is 5.79 Å². The molecule has 3 heterocycles. The largest absolute Gasteiger partial charge is 0.365 e. The van der Waals surface area contributed by atoms with Gasteiger partial charge in [-0.1, -0.05) is 60.2 Å². The van der Waals surface area contributed by atoms with Crippen LogP contribution >= 0.6 is 0 Å². The molecule has 0 unspecified atom stereocenters. The molecular formula is C27H32O6. The van der Waals surface area contributed by atoms with Crippen molar-refractivity contribution < 1.29 is 28.4 Å². The minimum absolute atomic E-state index is 0.228. The molecule has 0 amide bonds. The van der Waals surface area contributed by atoms with Crippen molar-refractivity contribution >= 4 is 0 Å². The highest BCUT2D eigenvalue weighted by Crippen LogP contribution is 2.44. The predicted molar refractivity (Wildman–Crippen MR) is 123 cm³/mol. The summed E-state index contributed by atoms with van der Waals surface area (Å²) < 4.78 is 37.2. The summed E-state index contributed by atoms with van der Waals surface area (Å²) in [6.45, 7) is 8.85. The zero-order valence-electron chi connectivity index (χ0n) is 19.7. The summed E-state index contributed by atoms with van der Waals surface area (Å²) >= 11 is 0. The van der Waals surface area contributed by atoms with Crippen LogP contribution in [0.1, 0.15) is 33.3 Å². The molecule has 6 nitrogen and oxygen atoms in total. The van der Waals surface area contributed by atoms with Gasteiger partial charge in [0.25, 0.3) is 0 Å². The van der Waals surface area contributed by atoms with Crippen molar-refractivity contribution in [3.63, 3.8) is 0 Å². The fourth-order valence-corrected chi connectivity index (χ4v) is 4.62. The van der Waals surface area contributed by atoms with Gasteiger partial charge in [-0.05, 0) is 50.5 Å². The summed E-state index contributed by atoms with van der Waals surface area (Å²) in [4.78, 5) is 0. The number of benzene rings is 2. The summed E-state index contributed by atoms with van der Waals surface area (Å²) in [5.41, 5.74) is 4.55. The van der Waals surface area contributed by atoms with Gasteiger partial charge >= 0.3 is 0 Å². The third kappa shape index (κ3) is 4.78. The summed E-state index contributed by atoms with van der Waals surface area (Å²) in [6.07, 6.45) is 0.507. The lowest BCUT2D eigenvalue weighted by Crippen LogP contribution is -2.62. The van der Waals surface area contributed by atoms with Crippen LogP contribution in [0.5, 0.6) is 0 Å². The lowest BCUT2D eigenvalue weighted by atomic mass is 9.97. The molecule has 33 heavy (non-hydrogen) atoms. The van der Waals surface area contributed by atoms with Crippen molar-refractivity contribution in [2.75, 3.05) is 13.2 Å². The van der Waals surface area contributed by atoms with Gasteiger partial charge in [0.05, 0.1) is 13.2 Å². The Labute approximate surface area is 195 Å². The van der Waals surface area contributed by atoms with Crippen LogP contribution < -0.4 is 0 Å². The zero-order chi connectivity index (χ0) is 23.1. The van der Waals surface area contributed by atoms with Gasteiger partial charge in [-0.15, -0.1) is 0 Å². The van der Waals surface area contributed by atoms with E-state index in [0.717, 1.165) is 11.1 Å². The molecule has 3 aliphatic rings. The van der Waals surface area contributed by atoms with Crippen molar-refractivity contribution in [2.45, 2.75) is 70.5 Å². The highest BCUT2D eigenvalue weighted by molar-refractivity contribution is 5.63. The molecule has 5 atom stereocenters. The van der Waals surface area contributed by atoms with Crippen LogP contribution in [0.2, 0.25) is 0 Å². The topological polar surface area (TPSA) is 55.4 Å². The van der Waals surface area contributed by atoms with Gasteiger partial charge in [0.15, 0.2) is 12.1 Å². The van der Waals surface area contributed by atoms with E-state index in [-0.39, 0.29) is 18.8 Å². The molecule has 0 aromatic heterocycles. The number of hydrogen-bond acceptors (Lipinski definition) is 6. The Morgan fingerprint density at radius 3 is 2.36 bits per heavy atom. The van der Waals surface area contributed by atoms with Crippen LogP contribution in [0.15, 0.2) is 66.2 Å². The molecule has 0 radical (unpaired) electrons. The molecule has 6 heteroatoms. The third-order valence-corrected chi connectivity index (χ3v) is 6.19. The fraction of sp³-hybridized carbons (Fsp3) is 0.481. The number of hydrogen-bond donors (Lipinski definition) is 0. The average molecular weight is 453 g/mol. The van der Waals surface area contributed by atoms with Gasteiger partial charge in [-0.25, -0.2) is 0 Å². The Morgan fingerprint density at radius 2 is 1.70 bits per heavy atom. The molecule has 3 fully saturated rings. The number of rotatable bonds is 5. The second-order valence-electron chi connectivity index (χ2n) is 9.60. The first-order chi connectivity index (χ1) is 15.8. The van der Waals surface area contributed by atoms with Crippen molar-refractivity contribution in [1.29, 1.82) is 0 Å². The highest BCUT2D eigenvalue weighted by Gasteiger charge is 2.62. The number of allylic oxidation sites excluding steroid dienone is 1. The molecule has 2 aromatic carbocycles. The minimum atomic E-state index is -1.03. The van der Waals surface area contributed by atoms with E-state index in [1.807, 2.05) is 52.0 Å². The monoisotopic (exact) mass is 452 g/mol. The Hall–Kier alpha value is -2.06. The standard InChI is InChI=1S/C27H32O6/c1-18(2)14-23-31-22-16-29-27(17-30-26(3,4)33-27)25(24(22)32-23)28-15-19-10-12-21(13-11-19)20-8-6-5-7-9-20/h5-14,22-25H,15-17H2,1-4H3/t22-,23+,24-,25+,27+/m1/s1. The maximum atomic E-state index is 6.46. The molecular weight excluding hydrogens is 420 g/mol. The van der Waals surface area contributed by atoms with Gasteiger partial charge in [-0.2, -0.15) is 0 Å². The normalized spacial score (nSPS) is 32.6. The Balaban J connectivity index is 1.34. The van der Waals surface area contributed by atoms with Crippen molar-refractivity contribution in [3.8, 4) is 11.1 Å². The first kappa shape index (κ1) is 22.7. The van der Waals surface area contributed by atoms with Crippen molar-refractivity contribution in [1.82, 2.24) is 0 Å². The van der Waals surface area contributed by atoms with E-state index in [2.05, 4.69) is 36.4 Å². The summed E-state index contributed by atoms with van der Waals surface area (Å²) in [7, 11) is 0. The fourth-order valence-electron chi connectivity index (χ4n) is 4.62. The van der Waals surface area contributed by atoms with Crippen LogP contribution in [0.3, 0.4) is 0 Å². The first-order valence-corrected chi connectivity index (χ1v) is 11.5. The molecule has 5 rings (SSSR count). The summed E-state index contributed by atoms with van der Waals surface area (Å²) in [6, 6.07) is 18.7. The van der Waals surface area contributed by atoms with Crippen LogP contribution in [-0.4, -0.2) is 49.4 Å². The second kappa shape index (κ2) is 8.95. The quantitative estimate of drug-likeness (QED) is 0.606. The molecule has 3 saturated heterocycles. The van der Waals surface area contributed by atoms with Crippen LogP contribution in [0.4, 0.5) is 0 Å². The molecule has 176 valence electrons. The van der Waals surface area contributed by atoms with E-state index >= 15 is 0 Å². The van der Waals surface area contributed by atoms with E-state index in [4.69, 9.17) is 28.4 Å². The molecule has 1 spiro atoms. The van der Waals surface area contributed by atoms with Crippen molar-refractivity contribution in [2.24, 2.45) is 0 Å². The van der Waals surface area contributed by atoms with Gasteiger partial charge in [0.1, 0.15) is 24.9 Å². The maximum absolute atomic E-state index is 6.46. The van der Waals surface area contributed by atoms with E-state index in [9.17, 15) is 0 Å². The van der Waals surface area contributed by atoms with E-state index in [1.165, 1.54) is 11.1 Å². The molecule has 0 saturated carbocycles. The average Bonchev–Trinajstić information content (AvgIpc) is 3.33. The van der Waals surface area contributed by atoms with Crippen LogP contribution in [-0.2, 0) is 35.0 Å². The van der Waals surface area contributed by atoms with Crippen molar-refractivity contribution in [3.05, 3.63) is 71.8 Å². The Morgan fingerprint density at radius 1 is 0.970 bits per heavy atom. The first-order valence-electron chi connectivity index (χ1n) is 11.5. The SMILES string of the molecule is CC(C)=C[C@@H]1O[C@@H]2[C@@H](CO[C@]3(COC(C)(C)O3)[C@H]2OCc2ccc(-c3ccccc3)cc2)O1. The van der Waals surface area contributed by atoms with Gasteiger partial charge in [0, 0.05) is 0 Å². The summed E-state index contributed by atoms with van der Waals surface area (Å²) in [5.74, 6) is -1.79. The lowest BCUT2D eigenvalue weighted by Gasteiger charge is -2.43. The zero-order valence-corrected chi connectivity index (χ0v) is 19.7. The Kier molecular flexibility index (Phi) is 6.16. The Bertz CT molecular complexity index is 981. The maximum Gasteiger partial charge on any atom is 0.224 e. The molecule has 2 aromatic rings. The van der Waals surface area contributed by atoms with Gasteiger partial charge < -0.3 is 28.4 Å². The lowest BCUT2D eigenvalue weighted by molar-refractivity contribution is -0.335. The van der Waals surface area contributed by atoms with E-state index < -0.39 is 24.0 Å². The third-order valence-electron chi connectivity index (χ3n) is 6.19. The molecule has 0 aliphatic carbocycles. The number of ether oxygens (including phenoxy) is 6. The predicted octanol–water partition coefficient (Wildman–Crippen LogP) is 4.82. The molecule has 3 aliphatic heterocycles. The second-order valence-corrected chi connectivity index (χ2v) is 9.60. The molecule has 0 bridgehead atoms. The molecule has 0 N–H and O–H groups in total. The van der Waals surface area contributed by atoms with Gasteiger partial charge in [-0.3, -0.25) is 0 Å². The highest BCUT2D eigenvalue weighted by atomic mass is 16.9. The van der Waals surface area contributed by atoms with Crippen LogP contribution in [0.25, 0.3) is 11.1 Å². The number of fused-ring (bicyclic) bond motifs is 1. The smallest absolute Gasteiger partial charge is 0.224 e. The summed E-state index contributed by atoms with van der Waals surface area (Å²) in [5, 5.41) is 0. The van der Waals surface area contributed by atoms with Crippen LogP contribution in [0, 0.1) is 0 Å².